The molecule has 1 aromatic heterocycles. The largest absolute Gasteiger partial charge is 0.326 e. The molecule has 1 amide bonds. The zero-order chi connectivity index (χ0) is 19.9. The Morgan fingerprint density at radius 1 is 1.29 bits per heavy atom. The minimum atomic E-state index is -3.98. The van der Waals surface area contributed by atoms with E-state index in [0.29, 0.717) is 33.1 Å². The fraction of sp³-hybridized carbons (Fsp3) is 0.263. The highest BCUT2D eigenvalue weighted by Crippen LogP contribution is 2.32. The number of hydrogen-bond acceptors (Lipinski definition) is 4. The molecule has 1 aliphatic rings. The molecule has 0 saturated heterocycles. The van der Waals surface area contributed by atoms with E-state index in [1.165, 1.54) is 6.07 Å². The first kappa shape index (κ1) is 18.9. The molecule has 1 heterocycles. The third kappa shape index (κ3) is 4.19. The van der Waals surface area contributed by atoms with Crippen molar-refractivity contribution in [1.82, 2.24) is 9.78 Å². The van der Waals surface area contributed by atoms with Crippen molar-refractivity contribution in [3.63, 3.8) is 0 Å². The molecular formula is C19H19ClN4O3S. The zero-order valence-corrected chi connectivity index (χ0v) is 16.5. The summed E-state index contributed by atoms with van der Waals surface area (Å²) in [4.78, 5) is 12.4. The molecule has 0 bridgehead atoms. The number of benzene rings is 2. The average molecular weight is 419 g/mol. The van der Waals surface area contributed by atoms with Gasteiger partial charge in [0.15, 0.2) is 0 Å². The zero-order valence-electron chi connectivity index (χ0n) is 14.9. The summed E-state index contributed by atoms with van der Waals surface area (Å²) < 4.78 is 25.9. The normalized spacial score (nSPS) is 14.4. The highest BCUT2D eigenvalue weighted by atomic mass is 35.5. The van der Waals surface area contributed by atoms with E-state index in [9.17, 15) is 13.2 Å². The number of nitrogens with two attached hydrogens (primary N) is 1. The molecule has 0 spiro atoms. The van der Waals surface area contributed by atoms with E-state index in [2.05, 4.69) is 10.4 Å². The van der Waals surface area contributed by atoms with Crippen LogP contribution >= 0.6 is 11.6 Å². The van der Waals surface area contributed by atoms with Gasteiger partial charge in [-0.05, 0) is 42.5 Å². The van der Waals surface area contributed by atoms with E-state index in [1.54, 1.807) is 41.2 Å². The Labute approximate surface area is 167 Å². The summed E-state index contributed by atoms with van der Waals surface area (Å²) in [5.74, 6) is 0.271. The number of aromatic nitrogens is 2. The van der Waals surface area contributed by atoms with Gasteiger partial charge in [-0.3, -0.25) is 9.48 Å². The molecule has 28 heavy (non-hydrogen) atoms. The van der Waals surface area contributed by atoms with E-state index >= 15 is 0 Å². The van der Waals surface area contributed by atoms with E-state index < -0.39 is 10.0 Å². The number of amides is 1. The first-order chi connectivity index (χ1) is 13.3. The van der Waals surface area contributed by atoms with Crippen LogP contribution in [0.15, 0.2) is 47.5 Å². The standard InChI is InChI=1S/C19H19ClN4O3S/c20-16-4-2-1-3-13(16)7-19(25)22-14-8-17-15(18(9-14)28(21,26)27)11-24(23-17)10-12-5-6-12/h1-4,8-9,11-12H,5-7,10H2,(H,22,25)(H2,21,26,27). The number of carbonyl (C=O) groups excluding carboxylic acids is 1. The molecule has 2 aromatic carbocycles. The number of halogens is 1. The fourth-order valence-electron chi connectivity index (χ4n) is 3.13. The monoisotopic (exact) mass is 418 g/mol. The summed E-state index contributed by atoms with van der Waals surface area (Å²) >= 11 is 6.10. The Morgan fingerprint density at radius 2 is 2.04 bits per heavy atom. The summed E-state index contributed by atoms with van der Waals surface area (Å²) in [7, 11) is -3.98. The minimum absolute atomic E-state index is 0.0555. The number of hydrogen-bond donors (Lipinski definition) is 2. The first-order valence-corrected chi connectivity index (χ1v) is 10.8. The first-order valence-electron chi connectivity index (χ1n) is 8.87. The summed E-state index contributed by atoms with van der Waals surface area (Å²) in [5.41, 5.74) is 1.48. The van der Waals surface area contributed by atoms with E-state index in [1.807, 2.05) is 0 Å². The summed E-state index contributed by atoms with van der Waals surface area (Å²) in [5, 5.41) is 13.5. The number of primary sulfonamides is 1. The molecule has 9 heteroatoms. The van der Waals surface area contributed by atoms with Crippen molar-refractivity contribution in [3.05, 3.63) is 53.2 Å². The summed E-state index contributed by atoms with van der Waals surface area (Å²) in [6.45, 7) is 0.743. The van der Waals surface area contributed by atoms with Crippen LogP contribution in [0.2, 0.25) is 5.02 Å². The Hall–Kier alpha value is -2.42. The lowest BCUT2D eigenvalue weighted by atomic mass is 10.1. The third-order valence-corrected chi connectivity index (χ3v) is 6.00. The van der Waals surface area contributed by atoms with E-state index in [4.69, 9.17) is 16.7 Å². The van der Waals surface area contributed by atoms with Crippen molar-refractivity contribution in [2.24, 2.45) is 11.1 Å². The topological polar surface area (TPSA) is 107 Å². The molecule has 1 saturated carbocycles. The molecule has 3 N–H and O–H groups in total. The molecule has 0 atom stereocenters. The highest BCUT2D eigenvalue weighted by molar-refractivity contribution is 7.89. The average Bonchev–Trinajstić information content (AvgIpc) is 3.32. The molecule has 3 aromatic rings. The van der Waals surface area contributed by atoms with Crippen molar-refractivity contribution in [2.45, 2.75) is 30.7 Å². The number of carbonyl (C=O) groups is 1. The lowest BCUT2D eigenvalue weighted by molar-refractivity contribution is -0.115. The minimum Gasteiger partial charge on any atom is -0.326 e. The van der Waals surface area contributed by atoms with Crippen molar-refractivity contribution >= 4 is 44.1 Å². The second-order valence-electron chi connectivity index (χ2n) is 7.06. The molecule has 0 unspecified atom stereocenters. The lowest BCUT2D eigenvalue weighted by Gasteiger charge is -2.08. The molecule has 0 radical (unpaired) electrons. The maximum absolute atomic E-state index is 12.4. The van der Waals surface area contributed by atoms with E-state index in [-0.39, 0.29) is 17.2 Å². The number of anilines is 1. The predicted molar refractivity (Wildman–Crippen MR) is 108 cm³/mol. The van der Waals surface area contributed by atoms with Gasteiger partial charge in [-0.15, -0.1) is 0 Å². The Morgan fingerprint density at radius 3 is 2.71 bits per heavy atom. The molecule has 1 fully saturated rings. The summed E-state index contributed by atoms with van der Waals surface area (Å²) in [6, 6.07) is 10.1. The number of rotatable bonds is 6. The van der Waals surface area contributed by atoms with Gasteiger partial charge in [-0.25, -0.2) is 13.6 Å². The third-order valence-electron chi connectivity index (χ3n) is 4.68. The maximum Gasteiger partial charge on any atom is 0.238 e. The van der Waals surface area contributed by atoms with Gasteiger partial charge in [-0.2, -0.15) is 5.10 Å². The second kappa shape index (κ2) is 7.20. The van der Waals surface area contributed by atoms with Gasteiger partial charge in [0.25, 0.3) is 0 Å². The highest BCUT2D eigenvalue weighted by Gasteiger charge is 2.23. The number of fused-ring (bicyclic) bond motifs is 1. The Bertz CT molecular complexity index is 1170. The molecular weight excluding hydrogens is 400 g/mol. The van der Waals surface area contributed by atoms with Crippen molar-refractivity contribution in [1.29, 1.82) is 0 Å². The van der Waals surface area contributed by atoms with Crippen LogP contribution in [0, 0.1) is 5.92 Å². The molecule has 4 rings (SSSR count). The molecule has 0 aliphatic heterocycles. The molecule has 146 valence electrons. The van der Waals surface area contributed by atoms with Gasteiger partial charge in [0.2, 0.25) is 15.9 Å². The smallest absolute Gasteiger partial charge is 0.238 e. The van der Waals surface area contributed by atoms with Gasteiger partial charge >= 0.3 is 0 Å². The van der Waals surface area contributed by atoms with Gasteiger partial charge < -0.3 is 5.32 Å². The van der Waals surface area contributed by atoms with Gasteiger partial charge in [0, 0.05) is 28.8 Å². The molecule has 7 nitrogen and oxygen atoms in total. The van der Waals surface area contributed by atoms with Crippen molar-refractivity contribution < 1.29 is 13.2 Å². The lowest BCUT2D eigenvalue weighted by Crippen LogP contribution is -2.16. The second-order valence-corrected chi connectivity index (χ2v) is 9.00. The van der Waals surface area contributed by atoms with Crippen molar-refractivity contribution in [3.8, 4) is 0 Å². The summed E-state index contributed by atoms with van der Waals surface area (Å²) in [6.07, 6.45) is 4.07. The SMILES string of the molecule is NS(=O)(=O)c1cc(NC(=O)Cc2ccccc2Cl)cc2nn(CC3CC3)cc12. The van der Waals surface area contributed by atoms with Crippen LogP contribution in [0.4, 0.5) is 5.69 Å². The van der Waals surface area contributed by atoms with Crippen LogP contribution in [0.1, 0.15) is 18.4 Å². The predicted octanol–water partition coefficient (Wildman–Crippen LogP) is 2.93. The van der Waals surface area contributed by atoms with Crippen LogP contribution in [-0.2, 0) is 27.8 Å². The Balaban J connectivity index is 1.64. The maximum atomic E-state index is 12.4. The Kier molecular flexibility index (Phi) is 4.86. The van der Waals surface area contributed by atoms with Crippen LogP contribution in [-0.4, -0.2) is 24.1 Å². The number of nitrogens with one attached hydrogen (secondary N) is 1. The number of sulfonamides is 1. The van der Waals surface area contributed by atoms with Crippen LogP contribution in [0.25, 0.3) is 10.9 Å². The number of nitrogens with zero attached hydrogens (tertiary/aromatic N) is 2. The van der Waals surface area contributed by atoms with Gasteiger partial charge in [-0.1, -0.05) is 29.8 Å². The fourth-order valence-corrected chi connectivity index (χ4v) is 4.08. The quantitative estimate of drug-likeness (QED) is 0.641. The molecule has 1 aliphatic carbocycles. The van der Waals surface area contributed by atoms with Crippen LogP contribution in [0.3, 0.4) is 0 Å². The van der Waals surface area contributed by atoms with Gasteiger partial charge in [0.1, 0.15) is 0 Å². The van der Waals surface area contributed by atoms with Crippen LogP contribution in [0.5, 0.6) is 0 Å². The van der Waals surface area contributed by atoms with Crippen LogP contribution < -0.4 is 10.5 Å². The van der Waals surface area contributed by atoms with Gasteiger partial charge in [0.05, 0.1) is 16.8 Å². The van der Waals surface area contributed by atoms with Crippen molar-refractivity contribution in [2.75, 3.05) is 5.32 Å². The van der Waals surface area contributed by atoms with E-state index in [0.717, 1.165) is 19.4 Å².